The molecule has 2 aliphatic heterocycles. The number of rotatable bonds is 5. The summed E-state index contributed by atoms with van der Waals surface area (Å²) in [5.41, 5.74) is 0.959. The molecule has 3 rings (SSSR count). The molecule has 0 aromatic heterocycles. The standard InChI is InChI=1S/C20H32N4O3S.HI/c1-3-21-20(23-12-10-18(25)15-23)22-13-17-6-8-19(9-7-17)28(26,27)24-11-4-5-16(2)14-24;/h6-9,16,18,25H,3-5,10-15H2,1-2H3,(H,21,22);1H/t16?,18-;/m1./s1. The molecule has 0 spiro atoms. The molecule has 1 aromatic carbocycles. The average Bonchev–Trinajstić information content (AvgIpc) is 3.11. The zero-order valence-corrected chi connectivity index (χ0v) is 20.4. The van der Waals surface area contributed by atoms with E-state index in [1.54, 1.807) is 16.4 Å². The molecular weight excluding hydrogens is 503 g/mol. The fraction of sp³-hybridized carbons (Fsp3) is 0.650. The molecule has 0 saturated carbocycles. The average molecular weight is 536 g/mol. The predicted octanol–water partition coefficient (Wildman–Crippen LogP) is 2.26. The highest BCUT2D eigenvalue weighted by atomic mass is 127. The minimum atomic E-state index is -3.42. The number of halogens is 1. The van der Waals surface area contributed by atoms with Crippen LogP contribution in [0.1, 0.15) is 38.7 Å². The molecule has 0 radical (unpaired) electrons. The molecule has 2 atom stereocenters. The monoisotopic (exact) mass is 536 g/mol. The first-order valence-electron chi connectivity index (χ1n) is 10.2. The summed E-state index contributed by atoms with van der Waals surface area (Å²) in [4.78, 5) is 7.06. The van der Waals surface area contributed by atoms with Gasteiger partial charge in [-0.05, 0) is 49.8 Å². The van der Waals surface area contributed by atoms with Gasteiger partial charge in [0, 0.05) is 32.7 Å². The second-order valence-corrected chi connectivity index (χ2v) is 9.75. The van der Waals surface area contributed by atoms with Crippen LogP contribution >= 0.6 is 24.0 Å². The largest absolute Gasteiger partial charge is 0.391 e. The Kier molecular flexibility index (Phi) is 9.17. The maximum Gasteiger partial charge on any atom is 0.243 e. The molecule has 2 saturated heterocycles. The predicted molar refractivity (Wildman–Crippen MR) is 126 cm³/mol. The van der Waals surface area contributed by atoms with Gasteiger partial charge in [0.15, 0.2) is 5.96 Å². The van der Waals surface area contributed by atoms with Crippen LogP contribution < -0.4 is 5.32 Å². The third-order valence-corrected chi connectivity index (χ3v) is 7.27. The van der Waals surface area contributed by atoms with E-state index in [0.29, 0.717) is 37.0 Å². The van der Waals surface area contributed by atoms with Crippen LogP contribution in [0, 0.1) is 5.92 Å². The Hall–Kier alpha value is -0.910. The van der Waals surface area contributed by atoms with Gasteiger partial charge in [0.05, 0.1) is 17.5 Å². The van der Waals surface area contributed by atoms with Gasteiger partial charge < -0.3 is 15.3 Å². The van der Waals surface area contributed by atoms with Crippen molar-refractivity contribution in [3.05, 3.63) is 29.8 Å². The van der Waals surface area contributed by atoms with Crippen LogP contribution in [-0.2, 0) is 16.6 Å². The first-order chi connectivity index (χ1) is 13.4. The third-order valence-electron chi connectivity index (χ3n) is 5.39. The summed E-state index contributed by atoms with van der Waals surface area (Å²) in [7, 11) is -3.42. The maximum atomic E-state index is 12.9. The van der Waals surface area contributed by atoms with Crippen LogP contribution in [0.15, 0.2) is 34.2 Å². The van der Waals surface area contributed by atoms with E-state index in [-0.39, 0.29) is 30.1 Å². The van der Waals surface area contributed by atoms with E-state index >= 15 is 0 Å². The lowest BCUT2D eigenvalue weighted by molar-refractivity contribution is 0.188. The number of hydrogen-bond donors (Lipinski definition) is 2. The van der Waals surface area contributed by atoms with Crippen molar-refractivity contribution < 1.29 is 13.5 Å². The second kappa shape index (κ2) is 10.9. The van der Waals surface area contributed by atoms with Gasteiger partial charge in [-0.2, -0.15) is 4.31 Å². The molecule has 0 bridgehead atoms. The lowest BCUT2D eigenvalue weighted by Gasteiger charge is -2.30. The number of nitrogens with one attached hydrogen (secondary N) is 1. The fourth-order valence-corrected chi connectivity index (χ4v) is 5.41. The highest BCUT2D eigenvalue weighted by Crippen LogP contribution is 2.23. The van der Waals surface area contributed by atoms with Gasteiger partial charge in [-0.15, -0.1) is 24.0 Å². The molecule has 0 amide bonds. The number of guanidine groups is 1. The summed E-state index contributed by atoms with van der Waals surface area (Å²) in [6.45, 7) is 7.93. The highest BCUT2D eigenvalue weighted by Gasteiger charge is 2.28. The summed E-state index contributed by atoms with van der Waals surface area (Å²) < 4.78 is 27.3. The van der Waals surface area contributed by atoms with Crippen molar-refractivity contribution in [1.29, 1.82) is 0 Å². The van der Waals surface area contributed by atoms with Crippen LogP contribution in [0.25, 0.3) is 0 Å². The maximum absolute atomic E-state index is 12.9. The van der Waals surface area contributed by atoms with Crippen molar-refractivity contribution in [2.75, 3.05) is 32.7 Å². The number of sulfonamides is 1. The van der Waals surface area contributed by atoms with E-state index in [9.17, 15) is 13.5 Å². The SMILES string of the molecule is CCNC(=NCc1ccc(S(=O)(=O)N2CCCC(C)C2)cc1)N1CC[C@@H](O)C1.I. The number of likely N-dealkylation sites (tertiary alicyclic amines) is 1. The molecule has 2 N–H and O–H groups in total. The summed E-state index contributed by atoms with van der Waals surface area (Å²) in [5.74, 6) is 1.20. The van der Waals surface area contributed by atoms with Gasteiger partial charge in [0.2, 0.25) is 10.0 Å². The lowest BCUT2D eigenvalue weighted by Crippen LogP contribution is -2.40. The lowest BCUT2D eigenvalue weighted by atomic mass is 10.0. The molecule has 1 aromatic rings. The molecule has 2 fully saturated rings. The Morgan fingerprint density at radius 1 is 1.21 bits per heavy atom. The summed E-state index contributed by atoms with van der Waals surface area (Å²) in [6, 6.07) is 7.05. The highest BCUT2D eigenvalue weighted by molar-refractivity contribution is 14.0. The number of aliphatic hydroxyl groups is 1. The van der Waals surface area contributed by atoms with Gasteiger partial charge in [-0.3, -0.25) is 0 Å². The van der Waals surface area contributed by atoms with Crippen LogP contribution in [0.4, 0.5) is 0 Å². The summed E-state index contributed by atoms with van der Waals surface area (Å²) in [6.07, 6.45) is 2.47. The first kappa shape index (κ1) is 24.4. The van der Waals surface area contributed by atoms with Gasteiger partial charge in [-0.1, -0.05) is 19.1 Å². The van der Waals surface area contributed by atoms with Crippen LogP contribution in [0.3, 0.4) is 0 Å². The van der Waals surface area contributed by atoms with Crippen molar-refractivity contribution in [3.8, 4) is 0 Å². The molecule has 9 heteroatoms. The number of nitrogens with zero attached hydrogens (tertiary/aromatic N) is 3. The van der Waals surface area contributed by atoms with Crippen molar-refractivity contribution in [3.63, 3.8) is 0 Å². The normalized spacial score (nSPS) is 23.7. The van der Waals surface area contributed by atoms with Crippen molar-refractivity contribution in [2.45, 2.75) is 50.7 Å². The quantitative estimate of drug-likeness (QED) is 0.343. The Balaban J connectivity index is 0.00000300. The van der Waals surface area contributed by atoms with Crippen molar-refractivity contribution >= 4 is 40.0 Å². The van der Waals surface area contributed by atoms with Crippen molar-refractivity contribution in [2.24, 2.45) is 10.9 Å². The van der Waals surface area contributed by atoms with Crippen LogP contribution in [0.5, 0.6) is 0 Å². The van der Waals surface area contributed by atoms with E-state index < -0.39 is 10.0 Å². The fourth-order valence-electron chi connectivity index (χ4n) is 3.81. The smallest absolute Gasteiger partial charge is 0.243 e. The number of hydrogen-bond acceptors (Lipinski definition) is 4. The Morgan fingerprint density at radius 2 is 1.93 bits per heavy atom. The van der Waals surface area contributed by atoms with Gasteiger partial charge in [0.1, 0.15) is 0 Å². The zero-order chi connectivity index (χ0) is 20.1. The number of piperidine rings is 1. The van der Waals surface area contributed by atoms with Crippen LogP contribution in [-0.4, -0.2) is 67.5 Å². The number of β-amino-alcohol motifs (C(OH)–C–C–N with tert-alkyl or cyclic N) is 1. The molecule has 0 aliphatic carbocycles. The van der Waals surface area contributed by atoms with Crippen molar-refractivity contribution in [1.82, 2.24) is 14.5 Å². The molecule has 1 unspecified atom stereocenters. The third kappa shape index (κ3) is 6.28. The minimum Gasteiger partial charge on any atom is -0.391 e. The van der Waals surface area contributed by atoms with E-state index in [1.807, 2.05) is 19.1 Å². The van der Waals surface area contributed by atoms with Gasteiger partial charge in [0.25, 0.3) is 0 Å². The minimum absolute atomic E-state index is 0. The Morgan fingerprint density at radius 3 is 2.52 bits per heavy atom. The number of aliphatic imine (C=N–C) groups is 1. The van der Waals surface area contributed by atoms with E-state index in [2.05, 4.69) is 22.1 Å². The molecule has 29 heavy (non-hydrogen) atoms. The van der Waals surface area contributed by atoms with E-state index in [1.165, 1.54) is 0 Å². The van der Waals surface area contributed by atoms with Gasteiger partial charge >= 0.3 is 0 Å². The molecule has 164 valence electrons. The summed E-state index contributed by atoms with van der Waals surface area (Å²) >= 11 is 0. The van der Waals surface area contributed by atoms with E-state index in [4.69, 9.17) is 0 Å². The summed E-state index contributed by atoms with van der Waals surface area (Å²) in [5, 5.41) is 13.0. The van der Waals surface area contributed by atoms with Gasteiger partial charge in [-0.25, -0.2) is 13.4 Å². The number of aliphatic hydroxyl groups excluding tert-OH is 1. The zero-order valence-electron chi connectivity index (χ0n) is 17.2. The Bertz CT molecular complexity index is 785. The van der Waals surface area contributed by atoms with Crippen LogP contribution in [0.2, 0.25) is 0 Å². The van der Waals surface area contributed by atoms with E-state index in [0.717, 1.165) is 43.9 Å². The second-order valence-electron chi connectivity index (χ2n) is 7.81. The Labute approximate surface area is 191 Å². The molecule has 2 aliphatic rings. The molecular formula is C20H33IN4O3S. The number of benzene rings is 1. The molecule has 7 nitrogen and oxygen atoms in total. The molecule has 2 heterocycles. The topological polar surface area (TPSA) is 85.2 Å². The first-order valence-corrected chi connectivity index (χ1v) is 11.6.